The fraction of sp³-hybridized carbons (Fsp3) is 0.778. The Morgan fingerprint density at radius 3 is 1.69 bits per heavy atom. The summed E-state index contributed by atoms with van der Waals surface area (Å²) in [5.74, 6) is 3.86. The fourth-order valence-electron chi connectivity index (χ4n) is 4.76. The van der Waals surface area contributed by atoms with Crippen molar-refractivity contribution < 1.29 is 9.47 Å². The zero-order valence-corrected chi connectivity index (χ0v) is 19.3. The van der Waals surface area contributed by atoms with Gasteiger partial charge in [0.25, 0.3) is 0 Å². The number of benzene rings is 1. The van der Waals surface area contributed by atoms with Gasteiger partial charge in [-0.25, -0.2) is 0 Å². The maximum atomic E-state index is 6.00. The van der Waals surface area contributed by atoms with Crippen molar-refractivity contribution in [1.82, 2.24) is 0 Å². The molecule has 1 aromatic rings. The third-order valence-electron chi connectivity index (χ3n) is 6.57. The topological polar surface area (TPSA) is 18.5 Å². The van der Waals surface area contributed by atoms with Gasteiger partial charge in [-0.3, -0.25) is 0 Å². The van der Waals surface area contributed by atoms with E-state index in [4.69, 9.17) is 9.47 Å². The summed E-state index contributed by atoms with van der Waals surface area (Å²) in [6.45, 7) is 6.23. The smallest absolute Gasteiger partial charge is 0.119 e. The van der Waals surface area contributed by atoms with E-state index in [0.29, 0.717) is 0 Å². The van der Waals surface area contributed by atoms with Crippen molar-refractivity contribution in [2.75, 3.05) is 13.2 Å². The molecule has 0 saturated heterocycles. The lowest BCUT2D eigenvalue weighted by atomic mass is 9.74. The lowest BCUT2D eigenvalue weighted by molar-refractivity contribution is 0.190. The van der Waals surface area contributed by atoms with Crippen molar-refractivity contribution in [1.29, 1.82) is 0 Å². The Hall–Kier alpha value is -1.18. The van der Waals surface area contributed by atoms with Crippen LogP contribution in [0.15, 0.2) is 24.3 Å². The van der Waals surface area contributed by atoms with Gasteiger partial charge in [-0.2, -0.15) is 0 Å². The molecule has 0 heterocycles. The van der Waals surface area contributed by atoms with Gasteiger partial charge in [-0.05, 0) is 55.4 Å². The Labute approximate surface area is 180 Å². The molecule has 0 bridgehead atoms. The van der Waals surface area contributed by atoms with Gasteiger partial charge < -0.3 is 9.47 Å². The van der Waals surface area contributed by atoms with E-state index in [-0.39, 0.29) is 0 Å². The van der Waals surface area contributed by atoms with E-state index < -0.39 is 0 Å². The maximum absolute atomic E-state index is 6.00. The molecule has 1 fully saturated rings. The maximum Gasteiger partial charge on any atom is 0.119 e. The van der Waals surface area contributed by atoms with Gasteiger partial charge in [-0.15, -0.1) is 0 Å². The summed E-state index contributed by atoms with van der Waals surface area (Å²) < 4.78 is 11.8. The summed E-state index contributed by atoms with van der Waals surface area (Å²) in [4.78, 5) is 0. The fourth-order valence-corrected chi connectivity index (χ4v) is 4.76. The molecule has 1 aliphatic carbocycles. The first-order chi connectivity index (χ1) is 14.3. The van der Waals surface area contributed by atoms with Crippen LogP contribution in [0.5, 0.6) is 11.5 Å². The molecule has 0 amide bonds. The van der Waals surface area contributed by atoms with Crippen molar-refractivity contribution in [3.63, 3.8) is 0 Å². The molecule has 0 N–H and O–H groups in total. The van der Waals surface area contributed by atoms with Crippen molar-refractivity contribution in [2.24, 2.45) is 11.8 Å². The molecular formula is C27H46O2. The molecule has 166 valence electrons. The van der Waals surface area contributed by atoms with Crippen molar-refractivity contribution >= 4 is 0 Å². The molecule has 1 aliphatic rings. The molecule has 0 aromatic heterocycles. The van der Waals surface area contributed by atoms with E-state index in [1.807, 2.05) is 12.1 Å². The Morgan fingerprint density at radius 2 is 1.10 bits per heavy atom. The number of rotatable bonds is 16. The molecule has 0 aliphatic heterocycles. The summed E-state index contributed by atoms with van der Waals surface area (Å²) in [6.07, 6.45) is 20.4. The van der Waals surface area contributed by atoms with Crippen LogP contribution >= 0.6 is 0 Å². The van der Waals surface area contributed by atoms with Gasteiger partial charge in [-0.1, -0.05) is 90.9 Å². The van der Waals surface area contributed by atoms with Crippen LogP contribution in [-0.2, 0) is 0 Å². The van der Waals surface area contributed by atoms with Crippen LogP contribution in [0.2, 0.25) is 0 Å². The van der Waals surface area contributed by atoms with E-state index in [1.54, 1.807) is 0 Å². The summed E-state index contributed by atoms with van der Waals surface area (Å²) in [7, 11) is 0. The third kappa shape index (κ3) is 10.4. The van der Waals surface area contributed by atoms with E-state index >= 15 is 0 Å². The predicted molar refractivity (Wildman–Crippen MR) is 125 cm³/mol. The molecule has 2 heteroatoms. The predicted octanol–water partition coefficient (Wildman–Crippen LogP) is 8.58. The van der Waals surface area contributed by atoms with E-state index in [0.717, 1.165) is 43.0 Å². The average Bonchev–Trinajstić information content (AvgIpc) is 2.76. The first-order valence-corrected chi connectivity index (χ1v) is 12.7. The lowest BCUT2D eigenvalue weighted by Gasteiger charge is -2.31. The van der Waals surface area contributed by atoms with Crippen LogP contribution in [0, 0.1) is 11.8 Å². The number of unbranched alkanes of at least 4 members (excludes halogenated alkanes) is 6. The molecule has 2 rings (SSSR count). The van der Waals surface area contributed by atoms with Gasteiger partial charge in [0.2, 0.25) is 0 Å². The summed E-state index contributed by atoms with van der Waals surface area (Å²) >= 11 is 0. The quantitative estimate of drug-likeness (QED) is 0.258. The molecule has 2 unspecified atom stereocenters. The molecular weight excluding hydrogens is 356 g/mol. The Kier molecular flexibility index (Phi) is 13.0. The second kappa shape index (κ2) is 15.6. The summed E-state index contributed by atoms with van der Waals surface area (Å²) in [5, 5.41) is 0. The highest BCUT2D eigenvalue weighted by Gasteiger charge is 2.24. The molecule has 1 saturated carbocycles. The standard InChI is InChI=1S/C27H46O2/c1-3-5-7-8-12-22-28-26-18-20-27(21-19-26)29-23-13-17-25-16-11-10-15-24(25)14-9-6-4-2/h18-21,24-25H,3-17,22-23H2,1-2H3. The monoisotopic (exact) mass is 402 g/mol. The molecule has 0 spiro atoms. The van der Waals surface area contributed by atoms with Crippen LogP contribution in [0.4, 0.5) is 0 Å². The largest absolute Gasteiger partial charge is 0.494 e. The second-order valence-corrected chi connectivity index (χ2v) is 9.03. The van der Waals surface area contributed by atoms with E-state index in [9.17, 15) is 0 Å². The minimum atomic E-state index is 0.824. The van der Waals surface area contributed by atoms with Gasteiger partial charge in [0.1, 0.15) is 11.5 Å². The lowest BCUT2D eigenvalue weighted by Crippen LogP contribution is -2.20. The van der Waals surface area contributed by atoms with Crippen LogP contribution in [0.25, 0.3) is 0 Å². The summed E-state index contributed by atoms with van der Waals surface area (Å²) in [5.41, 5.74) is 0. The van der Waals surface area contributed by atoms with Crippen LogP contribution < -0.4 is 9.47 Å². The highest BCUT2D eigenvalue weighted by atomic mass is 16.5. The van der Waals surface area contributed by atoms with Gasteiger partial charge >= 0.3 is 0 Å². The Morgan fingerprint density at radius 1 is 0.621 bits per heavy atom. The average molecular weight is 403 g/mol. The number of ether oxygens (including phenoxy) is 2. The third-order valence-corrected chi connectivity index (χ3v) is 6.57. The van der Waals surface area contributed by atoms with Gasteiger partial charge in [0.15, 0.2) is 0 Å². The number of hydrogen-bond donors (Lipinski definition) is 0. The number of hydrogen-bond acceptors (Lipinski definition) is 2. The molecule has 29 heavy (non-hydrogen) atoms. The van der Waals surface area contributed by atoms with Crippen molar-refractivity contribution in [3.8, 4) is 11.5 Å². The van der Waals surface area contributed by atoms with Crippen LogP contribution in [0.1, 0.15) is 110 Å². The van der Waals surface area contributed by atoms with Crippen LogP contribution in [0.3, 0.4) is 0 Å². The van der Waals surface area contributed by atoms with E-state index in [2.05, 4.69) is 26.0 Å². The van der Waals surface area contributed by atoms with Crippen molar-refractivity contribution in [3.05, 3.63) is 24.3 Å². The van der Waals surface area contributed by atoms with E-state index in [1.165, 1.54) is 89.9 Å². The minimum Gasteiger partial charge on any atom is -0.494 e. The molecule has 1 aromatic carbocycles. The SMILES string of the molecule is CCCCCCCOc1ccc(OCCCC2CCCCC2CCCCC)cc1. The zero-order chi connectivity index (χ0) is 20.6. The van der Waals surface area contributed by atoms with Gasteiger partial charge in [0, 0.05) is 0 Å². The normalized spacial score (nSPS) is 19.2. The second-order valence-electron chi connectivity index (χ2n) is 9.03. The first kappa shape index (κ1) is 24.1. The zero-order valence-electron chi connectivity index (χ0n) is 19.3. The highest BCUT2D eigenvalue weighted by molar-refractivity contribution is 5.31. The highest BCUT2D eigenvalue weighted by Crippen LogP contribution is 2.36. The minimum absolute atomic E-state index is 0.824. The Balaban J connectivity index is 1.58. The molecule has 0 radical (unpaired) electrons. The molecule has 2 nitrogen and oxygen atoms in total. The van der Waals surface area contributed by atoms with Gasteiger partial charge in [0.05, 0.1) is 13.2 Å². The van der Waals surface area contributed by atoms with Crippen molar-refractivity contribution in [2.45, 2.75) is 110 Å². The summed E-state index contributed by atoms with van der Waals surface area (Å²) in [6, 6.07) is 8.21. The first-order valence-electron chi connectivity index (χ1n) is 12.7. The van der Waals surface area contributed by atoms with Crippen LogP contribution in [-0.4, -0.2) is 13.2 Å². The molecule has 2 atom stereocenters. The Bertz CT molecular complexity index is 496.